The van der Waals surface area contributed by atoms with Gasteiger partial charge < -0.3 is 10.1 Å². The van der Waals surface area contributed by atoms with E-state index in [-0.39, 0.29) is 0 Å². The van der Waals surface area contributed by atoms with E-state index in [0.29, 0.717) is 33.4 Å². The zero-order chi connectivity index (χ0) is 18.5. The van der Waals surface area contributed by atoms with E-state index in [9.17, 15) is 9.59 Å². The van der Waals surface area contributed by atoms with Crippen LogP contribution in [0.4, 0.5) is 5.69 Å². The lowest BCUT2D eigenvalue weighted by atomic mass is 10.1. The molecule has 6 nitrogen and oxygen atoms in total. The van der Waals surface area contributed by atoms with Gasteiger partial charge in [0.05, 0.1) is 22.7 Å². The number of esters is 1. The number of carbonyl (C=O) groups is 2. The minimum atomic E-state index is -0.582. The summed E-state index contributed by atoms with van der Waals surface area (Å²) in [6.45, 7) is 1.38. The van der Waals surface area contributed by atoms with Gasteiger partial charge in [-0.25, -0.2) is 4.79 Å². The second-order valence-electron chi connectivity index (χ2n) is 5.64. The highest BCUT2D eigenvalue weighted by molar-refractivity contribution is 6.04. The Balaban J connectivity index is 1.67. The molecule has 0 aliphatic rings. The number of hydrogen-bond donors (Lipinski definition) is 1. The minimum absolute atomic E-state index is 0.374. The number of aryl methyl sites for hydroxylation is 1. The van der Waals surface area contributed by atoms with Crippen LogP contribution >= 0.6 is 0 Å². The van der Waals surface area contributed by atoms with Crippen LogP contribution in [0.2, 0.25) is 0 Å². The molecule has 0 aliphatic heterocycles. The first kappa shape index (κ1) is 17.1. The lowest BCUT2D eigenvalue weighted by Crippen LogP contribution is -2.21. The van der Waals surface area contributed by atoms with Crippen LogP contribution in [-0.4, -0.2) is 23.5 Å². The number of nitrogens with one attached hydrogen (secondary N) is 1. The molecule has 0 aliphatic carbocycles. The lowest BCUT2D eigenvalue weighted by Gasteiger charge is -2.09. The number of anilines is 1. The van der Waals surface area contributed by atoms with E-state index in [1.54, 1.807) is 43.3 Å². The first-order valence-electron chi connectivity index (χ1n) is 7.90. The smallest absolute Gasteiger partial charge is 0.339 e. The molecule has 3 rings (SSSR count). The molecule has 0 saturated heterocycles. The highest BCUT2D eigenvalue weighted by Crippen LogP contribution is 2.19. The van der Waals surface area contributed by atoms with Crippen molar-refractivity contribution in [1.82, 2.24) is 4.98 Å². The van der Waals surface area contributed by atoms with Crippen molar-refractivity contribution >= 4 is 28.5 Å². The fourth-order valence-electron chi connectivity index (χ4n) is 2.51. The van der Waals surface area contributed by atoms with E-state index in [2.05, 4.69) is 10.3 Å². The fourth-order valence-corrected chi connectivity index (χ4v) is 2.51. The number of fused-ring (bicyclic) bond motifs is 1. The van der Waals surface area contributed by atoms with Crippen LogP contribution in [0.3, 0.4) is 0 Å². The SMILES string of the molecule is Cc1cc(C(=O)OCC(=O)Nc2ccc(C#N)cc2)c2ccccc2n1. The fraction of sp³-hybridized carbons (Fsp3) is 0.100. The summed E-state index contributed by atoms with van der Waals surface area (Å²) in [7, 11) is 0. The third-order valence-electron chi connectivity index (χ3n) is 3.70. The molecular formula is C20H15N3O3. The topological polar surface area (TPSA) is 92.1 Å². The average Bonchev–Trinajstić information content (AvgIpc) is 2.66. The van der Waals surface area contributed by atoms with Crippen LogP contribution in [0.25, 0.3) is 10.9 Å². The van der Waals surface area contributed by atoms with Crippen molar-refractivity contribution < 1.29 is 14.3 Å². The molecule has 0 radical (unpaired) electrons. The van der Waals surface area contributed by atoms with Gasteiger partial charge in [0.1, 0.15) is 0 Å². The van der Waals surface area contributed by atoms with Crippen molar-refractivity contribution in [2.75, 3.05) is 11.9 Å². The van der Waals surface area contributed by atoms with E-state index in [4.69, 9.17) is 10.00 Å². The van der Waals surface area contributed by atoms with Gasteiger partial charge in [0, 0.05) is 16.8 Å². The van der Waals surface area contributed by atoms with Crippen LogP contribution in [0.5, 0.6) is 0 Å². The molecule has 0 atom stereocenters. The molecule has 128 valence electrons. The van der Waals surface area contributed by atoms with Gasteiger partial charge in [0.25, 0.3) is 5.91 Å². The van der Waals surface area contributed by atoms with Gasteiger partial charge in [-0.15, -0.1) is 0 Å². The van der Waals surface area contributed by atoms with Crippen molar-refractivity contribution in [2.45, 2.75) is 6.92 Å². The second-order valence-corrected chi connectivity index (χ2v) is 5.64. The maximum atomic E-state index is 12.4. The van der Waals surface area contributed by atoms with Crippen molar-refractivity contribution in [1.29, 1.82) is 5.26 Å². The molecule has 26 heavy (non-hydrogen) atoms. The summed E-state index contributed by atoms with van der Waals surface area (Å²) in [6.07, 6.45) is 0. The van der Waals surface area contributed by atoms with Crippen molar-refractivity contribution in [3.8, 4) is 6.07 Å². The van der Waals surface area contributed by atoms with Crippen molar-refractivity contribution in [2.24, 2.45) is 0 Å². The molecule has 6 heteroatoms. The van der Waals surface area contributed by atoms with Crippen molar-refractivity contribution in [3.05, 3.63) is 71.4 Å². The van der Waals surface area contributed by atoms with Crippen LogP contribution < -0.4 is 5.32 Å². The number of nitriles is 1. The highest BCUT2D eigenvalue weighted by Gasteiger charge is 2.15. The van der Waals surface area contributed by atoms with E-state index in [1.807, 2.05) is 24.3 Å². The predicted molar refractivity (Wildman–Crippen MR) is 96.5 cm³/mol. The zero-order valence-electron chi connectivity index (χ0n) is 14.0. The summed E-state index contributed by atoms with van der Waals surface area (Å²) in [5, 5.41) is 12.0. The third kappa shape index (κ3) is 3.84. The molecule has 0 bridgehead atoms. The molecule has 1 amide bonds. The number of nitrogens with zero attached hydrogens (tertiary/aromatic N) is 2. The van der Waals surface area contributed by atoms with Gasteiger partial charge in [-0.05, 0) is 43.3 Å². The number of rotatable bonds is 4. The van der Waals surface area contributed by atoms with Crippen LogP contribution in [-0.2, 0) is 9.53 Å². The number of benzene rings is 2. The second kappa shape index (κ2) is 7.45. The number of para-hydroxylation sites is 1. The van der Waals surface area contributed by atoms with E-state index in [1.165, 1.54) is 0 Å². The lowest BCUT2D eigenvalue weighted by molar-refractivity contribution is -0.119. The maximum Gasteiger partial charge on any atom is 0.339 e. The Morgan fingerprint density at radius 3 is 2.62 bits per heavy atom. The maximum absolute atomic E-state index is 12.4. The summed E-state index contributed by atoms with van der Waals surface area (Å²) in [5.74, 6) is -1.04. The van der Waals surface area contributed by atoms with E-state index in [0.717, 1.165) is 0 Å². The molecule has 0 spiro atoms. The Bertz CT molecular complexity index is 1020. The minimum Gasteiger partial charge on any atom is -0.452 e. The van der Waals surface area contributed by atoms with Gasteiger partial charge in [0.15, 0.2) is 6.61 Å². The van der Waals surface area contributed by atoms with E-state index < -0.39 is 18.5 Å². The van der Waals surface area contributed by atoms with Gasteiger partial charge in [-0.1, -0.05) is 18.2 Å². The van der Waals surface area contributed by atoms with Gasteiger partial charge in [-0.2, -0.15) is 5.26 Å². The Morgan fingerprint density at radius 2 is 1.88 bits per heavy atom. The summed E-state index contributed by atoms with van der Waals surface area (Å²) >= 11 is 0. The average molecular weight is 345 g/mol. The number of pyridine rings is 1. The number of aromatic nitrogens is 1. The summed E-state index contributed by atoms with van der Waals surface area (Å²) in [4.78, 5) is 28.7. The Morgan fingerprint density at radius 1 is 1.15 bits per heavy atom. The zero-order valence-corrected chi connectivity index (χ0v) is 14.0. The Kier molecular flexibility index (Phi) is 4.90. The molecule has 0 fully saturated rings. The Labute approximate surface area is 150 Å². The number of carbonyl (C=O) groups excluding carboxylic acids is 2. The third-order valence-corrected chi connectivity index (χ3v) is 3.70. The molecule has 0 unspecified atom stereocenters. The Hall–Kier alpha value is -3.72. The van der Waals surface area contributed by atoms with Gasteiger partial charge in [0.2, 0.25) is 0 Å². The monoisotopic (exact) mass is 345 g/mol. The van der Waals surface area contributed by atoms with Crippen LogP contribution in [0.1, 0.15) is 21.6 Å². The summed E-state index contributed by atoms with van der Waals surface area (Å²) in [6, 6.07) is 17.3. The number of amides is 1. The highest BCUT2D eigenvalue weighted by atomic mass is 16.5. The quantitative estimate of drug-likeness (QED) is 0.733. The molecule has 0 saturated carbocycles. The molecular weight excluding hydrogens is 330 g/mol. The molecule has 1 aromatic heterocycles. The summed E-state index contributed by atoms with van der Waals surface area (Å²) < 4.78 is 5.14. The largest absolute Gasteiger partial charge is 0.452 e. The first-order valence-corrected chi connectivity index (χ1v) is 7.90. The first-order chi connectivity index (χ1) is 12.6. The number of hydrogen-bond acceptors (Lipinski definition) is 5. The molecule has 3 aromatic rings. The molecule has 1 heterocycles. The molecule has 1 N–H and O–H groups in total. The van der Waals surface area contributed by atoms with Gasteiger partial charge >= 0.3 is 5.97 Å². The predicted octanol–water partition coefficient (Wildman–Crippen LogP) is 3.21. The van der Waals surface area contributed by atoms with Crippen LogP contribution in [0.15, 0.2) is 54.6 Å². The van der Waals surface area contributed by atoms with Gasteiger partial charge in [-0.3, -0.25) is 9.78 Å². The van der Waals surface area contributed by atoms with E-state index >= 15 is 0 Å². The van der Waals surface area contributed by atoms with Crippen LogP contribution in [0, 0.1) is 18.3 Å². The molecule has 2 aromatic carbocycles. The van der Waals surface area contributed by atoms with Crippen molar-refractivity contribution in [3.63, 3.8) is 0 Å². The summed E-state index contributed by atoms with van der Waals surface area (Å²) in [5.41, 5.74) is 2.78. The normalized spacial score (nSPS) is 10.2. The standard InChI is InChI=1S/C20H15N3O3/c1-13-10-17(16-4-2-3-5-18(16)22-13)20(25)26-12-19(24)23-15-8-6-14(11-21)7-9-15/h2-10H,12H2,1H3,(H,23,24). The number of ether oxygens (including phenoxy) is 1.